The van der Waals surface area contributed by atoms with Gasteiger partial charge in [-0.05, 0) is 30.5 Å². The first kappa shape index (κ1) is 19.6. The van der Waals surface area contributed by atoms with Gasteiger partial charge < -0.3 is 4.74 Å². The molecule has 0 atom stereocenters. The maximum Gasteiger partial charge on any atom is 0.311 e. The number of hydrogen-bond donors (Lipinski definition) is 1. The standard InChI is InChI=1S/C19H18N2O3S3/c1-2-24-17(22)10-13-11-27-19(20-13)21-18(23)15-7-3-4-8-16(15)26-12-14-6-5-9-25-14/h3-9,11H,2,10,12H2,1H3,(H,20,21,23). The third kappa shape index (κ3) is 5.66. The Bertz CT molecular complexity index is 907. The fourth-order valence-electron chi connectivity index (χ4n) is 2.29. The molecular formula is C19H18N2O3S3. The number of thioether (sulfide) groups is 1. The van der Waals surface area contributed by atoms with Crippen molar-refractivity contribution in [3.8, 4) is 0 Å². The predicted octanol–water partition coefficient (Wildman–Crippen LogP) is 4.85. The molecule has 0 bridgehead atoms. The minimum absolute atomic E-state index is 0.105. The third-order valence-corrected chi connectivity index (χ3v) is 6.47. The van der Waals surface area contributed by atoms with E-state index < -0.39 is 0 Å². The second-order valence-electron chi connectivity index (χ2n) is 5.44. The number of carbonyl (C=O) groups excluding carboxylic acids is 2. The van der Waals surface area contributed by atoms with E-state index in [1.807, 2.05) is 29.6 Å². The molecule has 0 unspecified atom stereocenters. The van der Waals surface area contributed by atoms with Crippen LogP contribution >= 0.6 is 34.4 Å². The Morgan fingerprint density at radius 2 is 2.04 bits per heavy atom. The van der Waals surface area contributed by atoms with Gasteiger partial charge in [-0.2, -0.15) is 0 Å². The molecule has 0 aliphatic rings. The first-order valence-corrected chi connectivity index (χ1v) is 11.1. The molecule has 3 aromatic rings. The average molecular weight is 419 g/mol. The van der Waals surface area contributed by atoms with Crippen molar-refractivity contribution in [2.45, 2.75) is 24.0 Å². The number of rotatable bonds is 8. The Balaban J connectivity index is 1.64. The van der Waals surface area contributed by atoms with E-state index in [0.717, 1.165) is 10.6 Å². The van der Waals surface area contributed by atoms with Gasteiger partial charge in [0.25, 0.3) is 5.91 Å². The molecule has 0 saturated heterocycles. The number of nitrogens with zero attached hydrogens (tertiary/aromatic N) is 1. The Morgan fingerprint density at radius 1 is 1.19 bits per heavy atom. The highest BCUT2D eigenvalue weighted by Crippen LogP contribution is 2.28. The molecule has 140 valence electrons. The molecule has 27 heavy (non-hydrogen) atoms. The van der Waals surface area contributed by atoms with Crippen LogP contribution in [0.4, 0.5) is 5.13 Å². The van der Waals surface area contributed by atoms with E-state index in [1.165, 1.54) is 16.2 Å². The van der Waals surface area contributed by atoms with Crippen molar-refractivity contribution in [2.75, 3.05) is 11.9 Å². The van der Waals surface area contributed by atoms with E-state index in [9.17, 15) is 9.59 Å². The van der Waals surface area contributed by atoms with Crippen LogP contribution in [0.3, 0.4) is 0 Å². The van der Waals surface area contributed by atoms with Crippen molar-refractivity contribution in [1.29, 1.82) is 0 Å². The smallest absolute Gasteiger partial charge is 0.311 e. The van der Waals surface area contributed by atoms with Crippen molar-refractivity contribution >= 4 is 51.4 Å². The van der Waals surface area contributed by atoms with E-state index in [1.54, 1.807) is 41.5 Å². The zero-order chi connectivity index (χ0) is 19.1. The molecule has 0 spiro atoms. The van der Waals surface area contributed by atoms with Crippen molar-refractivity contribution in [3.63, 3.8) is 0 Å². The second-order valence-corrected chi connectivity index (χ2v) is 8.35. The van der Waals surface area contributed by atoms with Crippen LogP contribution < -0.4 is 5.32 Å². The van der Waals surface area contributed by atoms with E-state index >= 15 is 0 Å². The van der Waals surface area contributed by atoms with Crippen LogP contribution in [0.1, 0.15) is 27.9 Å². The first-order chi connectivity index (χ1) is 13.2. The Kier molecular flexibility index (Phi) is 7.03. The zero-order valence-corrected chi connectivity index (χ0v) is 17.1. The summed E-state index contributed by atoms with van der Waals surface area (Å²) in [4.78, 5) is 30.7. The zero-order valence-electron chi connectivity index (χ0n) is 14.6. The van der Waals surface area contributed by atoms with E-state index in [2.05, 4.69) is 16.4 Å². The molecule has 0 aliphatic carbocycles. The minimum Gasteiger partial charge on any atom is -0.466 e. The van der Waals surface area contributed by atoms with Gasteiger partial charge in [0.1, 0.15) is 0 Å². The predicted molar refractivity (Wildman–Crippen MR) is 111 cm³/mol. The number of thiazole rings is 1. The first-order valence-electron chi connectivity index (χ1n) is 8.31. The Labute approximate surface area is 169 Å². The van der Waals surface area contributed by atoms with Crippen LogP contribution in [0.25, 0.3) is 0 Å². The summed E-state index contributed by atoms with van der Waals surface area (Å²) in [5.41, 5.74) is 1.20. The average Bonchev–Trinajstić information content (AvgIpc) is 3.32. The number of amides is 1. The van der Waals surface area contributed by atoms with Crippen LogP contribution in [0.5, 0.6) is 0 Å². The number of benzene rings is 1. The molecular weight excluding hydrogens is 400 g/mol. The summed E-state index contributed by atoms with van der Waals surface area (Å²) in [6, 6.07) is 11.6. The molecule has 5 nitrogen and oxygen atoms in total. The summed E-state index contributed by atoms with van der Waals surface area (Å²) in [6.07, 6.45) is 0.105. The Morgan fingerprint density at radius 3 is 2.81 bits per heavy atom. The minimum atomic E-state index is -0.323. The summed E-state index contributed by atoms with van der Waals surface area (Å²) in [6.45, 7) is 2.10. The molecule has 1 aromatic carbocycles. The second kappa shape index (κ2) is 9.68. The van der Waals surface area contributed by atoms with Gasteiger partial charge in [-0.3, -0.25) is 14.9 Å². The van der Waals surface area contributed by atoms with Gasteiger partial charge in [-0.1, -0.05) is 18.2 Å². The molecule has 2 heterocycles. The molecule has 0 aliphatic heterocycles. The summed E-state index contributed by atoms with van der Waals surface area (Å²) in [5, 5.41) is 7.09. The van der Waals surface area contributed by atoms with Gasteiger partial charge in [0.2, 0.25) is 0 Å². The summed E-state index contributed by atoms with van der Waals surface area (Å²) in [5.74, 6) is 0.292. The normalized spacial score (nSPS) is 10.6. The van der Waals surface area contributed by atoms with Gasteiger partial charge in [-0.15, -0.1) is 34.4 Å². The fraction of sp³-hybridized carbons (Fsp3) is 0.211. The van der Waals surface area contributed by atoms with Crippen molar-refractivity contribution < 1.29 is 14.3 Å². The maximum absolute atomic E-state index is 12.7. The van der Waals surface area contributed by atoms with Gasteiger partial charge in [-0.25, -0.2) is 4.98 Å². The monoisotopic (exact) mass is 418 g/mol. The van der Waals surface area contributed by atoms with Crippen molar-refractivity contribution in [2.24, 2.45) is 0 Å². The Hall–Kier alpha value is -2.16. The van der Waals surface area contributed by atoms with Gasteiger partial charge in [0, 0.05) is 20.9 Å². The number of hydrogen-bond acceptors (Lipinski definition) is 7. The lowest BCUT2D eigenvalue weighted by molar-refractivity contribution is -0.142. The SMILES string of the molecule is CCOC(=O)Cc1csc(NC(=O)c2ccccc2SCc2cccs2)n1. The number of esters is 1. The molecule has 0 saturated carbocycles. The number of nitrogens with one attached hydrogen (secondary N) is 1. The molecule has 0 fully saturated rings. The van der Waals surface area contributed by atoms with Crippen LogP contribution in [0, 0.1) is 0 Å². The van der Waals surface area contributed by atoms with Crippen LogP contribution in [-0.4, -0.2) is 23.5 Å². The quantitative estimate of drug-likeness (QED) is 0.418. The highest BCUT2D eigenvalue weighted by molar-refractivity contribution is 7.98. The topological polar surface area (TPSA) is 68.3 Å². The molecule has 1 amide bonds. The number of thiophene rings is 1. The van der Waals surface area contributed by atoms with Gasteiger partial charge in [0.05, 0.1) is 24.3 Å². The van der Waals surface area contributed by atoms with Crippen LogP contribution in [0.2, 0.25) is 0 Å². The summed E-state index contributed by atoms with van der Waals surface area (Å²) < 4.78 is 4.92. The van der Waals surface area contributed by atoms with Crippen molar-refractivity contribution in [3.05, 3.63) is 63.3 Å². The summed E-state index contributed by atoms with van der Waals surface area (Å²) in [7, 11) is 0. The third-order valence-electron chi connectivity index (χ3n) is 3.48. The van der Waals surface area contributed by atoms with Crippen LogP contribution in [-0.2, 0) is 21.7 Å². The summed E-state index contributed by atoms with van der Waals surface area (Å²) >= 11 is 4.63. The van der Waals surface area contributed by atoms with Gasteiger partial charge >= 0.3 is 5.97 Å². The highest BCUT2D eigenvalue weighted by Gasteiger charge is 2.15. The molecule has 0 radical (unpaired) electrons. The molecule has 2 aromatic heterocycles. The van der Waals surface area contributed by atoms with E-state index in [-0.39, 0.29) is 18.3 Å². The van der Waals surface area contributed by atoms with Crippen LogP contribution in [0.15, 0.2) is 52.1 Å². The van der Waals surface area contributed by atoms with Gasteiger partial charge in [0.15, 0.2) is 5.13 Å². The number of carbonyl (C=O) groups is 2. The molecule has 3 rings (SSSR count). The number of anilines is 1. The largest absolute Gasteiger partial charge is 0.466 e. The van der Waals surface area contributed by atoms with Crippen molar-refractivity contribution in [1.82, 2.24) is 4.98 Å². The van der Waals surface area contributed by atoms with E-state index in [0.29, 0.717) is 23.0 Å². The lowest BCUT2D eigenvalue weighted by Gasteiger charge is -2.08. The van der Waals surface area contributed by atoms with E-state index in [4.69, 9.17) is 4.74 Å². The molecule has 1 N–H and O–H groups in total. The number of ether oxygens (including phenoxy) is 1. The lowest BCUT2D eigenvalue weighted by Crippen LogP contribution is -2.13. The number of aromatic nitrogens is 1. The highest BCUT2D eigenvalue weighted by atomic mass is 32.2. The molecule has 8 heteroatoms. The fourth-order valence-corrected chi connectivity index (χ4v) is 4.82. The maximum atomic E-state index is 12.7. The lowest BCUT2D eigenvalue weighted by atomic mass is 10.2.